The molecule has 1 aromatic carbocycles. The van der Waals surface area contributed by atoms with E-state index in [0.717, 1.165) is 49.9 Å². The molecule has 2 aromatic heterocycles. The summed E-state index contributed by atoms with van der Waals surface area (Å²) in [6, 6.07) is 11.0. The molecule has 1 aliphatic rings. The molecule has 180 valence electrons. The van der Waals surface area contributed by atoms with Gasteiger partial charge >= 0.3 is 12.1 Å². The molecule has 0 aliphatic carbocycles. The summed E-state index contributed by atoms with van der Waals surface area (Å²) in [5.74, 6) is 1.64. The number of pyridine rings is 1. The molecular formula is C25H32N6O3. The van der Waals surface area contributed by atoms with Gasteiger partial charge in [-0.15, -0.1) is 0 Å². The number of nitrogens with one attached hydrogen (secondary N) is 2. The van der Waals surface area contributed by atoms with E-state index in [-0.39, 0.29) is 12.1 Å². The van der Waals surface area contributed by atoms with Crippen molar-refractivity contribution in [3.05, 3.63) is 48.8 Å². The van der Waals surface area contributed by atoms with Gasteiger partial charge in [-0.05, 0) is 56.3 Å². The van der Waals surface area contributed by atoms with Crippen molar-refractivity contribution < 1.29 is 14.3 Å². The molecule has 1 saturated heterocycles. The smallest absolute Gasteiger partial charge is 0.325 e. The summed E-state index contributed by atoms with van der Waals surface area (Å²) in [6.45, 7) is 7.91. The summed E-state index contributed by atoms with van der Waals surface area (Å²) in [4.78, 5) is 33.3. The van der Waals surface area contributed by atoms with Crippen molar-refractivity contribution >= 4 is 28.8 Å². The Labute approximate surface area is 199 Å². The number of carbonyl (C=O) groups is 2. The molecule has 3 aromatic rings. The number of hydrogen-bond acceptors (Lipinski definition) is 5. The van der Waals surface area contributed by atoms with Gasteiger partial charge in [-0.25, -0.2) is 14.6 Å². The second-order valence-corrected chi connectivity index (χ2v) is 8.31. The summed E-state index contributed by atoms with van der Waals surface area (Å²) < 4.78 is 7.54. The van der Waals surface area contributed by atoms with Gasteiger partial charge in [-0.3, -0.25) is 9.88 Å². The van der Waals surface area contributed by atoms with Crippen molar-refractivity contribution in [2.24, 2.45) is 0 Å². The number of amides is 3. The van der Waals surface area contributed by atoms with E-state index in [0.29, 0.717) is 23.4 Å². The first-order valence-corrected chi connectivity index (χ1v) is 11.8. The van der Waals surface area contributed by atoms with Crippen molar-refractivity contribution in [2.75, 3.05) is 38.5 Å². The van der Waals surface area contributed by atoms with E-state index in [1.54, 1.807) is 42.2 Å². The Kier molecular flexibility index (Phi) is 7.32. The summed E-state index contributed by atoms with van der Waals surface area (Å²) in [5, 5.41) is 6.40. The number of urea groups is 1. The minimum atomic E-state index is -0.199. The molecule has 0 unspecified atom stereocenters. The minimum absolute atomic E-state index is 0.139. The van der Waals surface area contributed by atoms with E-state index in [2.05, 4.69) is 34.4 Å². The fourth-order valence-corrected chi connectivity index (χ4v) is 4.52. The van der Waals surface area contributed by atoms with Gasteiger partial charge in [-0.2, -0.15) is 0 Å². The number of fused-ring (bicyclic) bond motifs is 1. The first kappa shape index (κ1) is 23.6. The maximum Gasteiger partial charge on any atom is 0.325 e. The van der Waals surface area contributed by atoms with E-state index < -0.39 is 0 Å². The van der Waals surface area contributed by atoms with Crippen molar-refractivity contribution in [1.29, 1.82) is 0 Å². The highest BCUT2D eigenvalue weighted by Gasteiger charge is 2.25. The Morgan fingerprint density at radius 1 is 1.06 bits per heavy atom. The zero-order chi connectivity index (χ0) is 24.1. The average molecular weight is 465 g/mol. The van der Waals surface area contributed by atoms with Crippen LogP contribution in [0.1, 0.15) is 26.7 Å². The van der Waals surface area contributed by atoms with Gasteiger partial charge in [0, 0.05) is 50.0 Å². The number of rotatable bonds is 6. The number of likely N-dealkylation sites (tertiary alicyclic amines) is 1. The second kappa shape index (κ2) is 10.6. The molecule has 34 heavy (non-hydrogen) atoms. The van der Waals surface area contributed by atoms with Crippen molar-refractivity contribution in [3.63, 3.8) is 0 Å². The molecule has 0 bridgehead atoms. The van der Waals surface area contributed by atoms with Crippen LogP contribution in [0.4, 0.5) is 15.4 Å². The Bertz CT molecular complexity index is 1150. The van der Waals surface area contributed by atoms with Gasteiger partial charge in [0.25, 0.3) is 0 Å². The van der Waals surface area contributed by atoms with Crippen LogP contribution in [0, 0.1) is 0 Å². The molecule has 1 fully saturated rings. The standard InChI is InChI=1S/C25H32N6O3/c1-4-29(5-2)19-10-13-30(14-11-19)25(33)28-23-17-21(8-12-27-23)34-20-6-7-22-18(16-20)9-15-31(22)24(32)26-3/h6-9,12,15-17,19H,4-5,10-11,13-14H2,1-3H3,(H,26,32)(H,27,28,33). The normalized spacial score (nSPS) is 14.4. The lowest BCUT2D eigenvalue weighted by Gasteiger charge is -2.37. The van der Waals surface area contributed by atoms with Crippen LogP contribution in [0.2, 0.25) is 0 Å². The lowest BCUT2D eigenvalue weighted by Crippen LogP contribution is -2.47. The topological polar surface area (TPSA) is 91.7 Å². The van der Waals surface area contributed by atoms with Gasteiger partial charge < -0.3 is 19.9 Å². The summed E-state index contributed by atoms with van der Waals surface area (Å²) in [6.07, 6.45) is 5.29. The minimum Gasteiger partial charge on any atom is -0.457 e. The lowest BCUT2D eigenvalue weighted by atomic mass is 10.0. The maximum absolute atomic E-state index is 12.8. The van der Waals surface area contributed by atoms with Crippen LogP contribution in [0.25, 0.3) is 10.9 Å². The SMILES string of the molecule is CCN(CC)C1CCN(C(=O)Nc2cc(Oc3ccc4c(ccn4C(=O)NC)c3)ccn2)CC1. The number of nitrogens with zero attached hydrogens (tertiary/aromatic N) is 4. The van der Waals surface area contributed by atoms with Gasteiger partial charge in [0.1, 0.15) is 17.3 Å². The van der Waals surface area contributed by atoms with Crippen LogP contribution >= 0.6 is 0 Å². The average Bonchev–Trinajstić information content (AvgIpc) is 3.28. The highest BCUT2D eigenvalue weighted by atomic mass is 16.5. The summed E-state index contributed by atoms with van der Waals surface area (Å²) in [7, 11) is 1.60. The quantitative estimate of drug-likeness (QED) is 0.566. The Morgan fingerprint density at radius 2 is 1.79 bits per heavy atom. The molecule has 0 radical (unpaired) electrons. The van der Waals surface area contributed by atoms with Crippen LogP contribution < -0.4 is 15.4 Å². The van der Waals surface area contributed by atoms with E-state index in [1.807, 2.05) is 23.1 Å². The molecule has 0 atom stereocenters. The van der Waals surface area contributed by atoms with E-state index in [1.165, 1.54) is 0 Å². The monoisotopic (exact) mass is 464 g/mol. The lowest BCUT2D eigenvalue weighted by molar-refractivity contribution is 0.130. The van der Waals surface area contributed by atoms with Gasteiger partial charge in [0.05, 0.1) is 5.52 Å². The zero-order valence-corrected chi connectivity index (χ0v) is 20.0. The second-order valence-electron chi connectivity index (χ2n) is 8.31. The van der Waals surface area contributed by atoms with E-state index in [9.17, 15) is 9.59 Å². The number of anilines is 1. The first-order chi connectivity index (χ1) is 16.5. The summed E-state index contributed by atoms with van der Waals surface area (Å²) in [5.41, 5.74) is 0.791. The van der Waals surface area contributed by atoms with E-state index >= 15 is 0 Å². The fraction of sp³-hybridized carbons (Fsp3) is 0.400. The third-order valence-electron chi connectivity index (χ3n) is 6.38. The molecule has 2 N–H and O–H groups in total. The molecular weight excluding hydrogens is 432 g/mol. The largest absolute Gasteiger partial charge is 0.457 e. The predicted molar refractivity (Wildman–Crippen MR) is 133 cm³/mol. The van der Waals surface area contributed by atoms with Crippen LogP contribution in [0.5, 0.6) is 11.5 Å². The molecule has 3 heterocycles. The highest BCUT2D eigenvalue weighted by Crippen LogP contribution is 2.27. The molecule has 3 amide bonds. The van der Waals surface area contributed by atoms with Crippen molar-refractivity contribution in [2.45, 2.75) is 32.7 Å². The third-order valence-corrected chi connectivity index (χ3v) is 6.38. The maximum atomic E-state index is 12.8. The zero-order valence-electron chi connectivity index (χ0n) is 20.0. The molecule has 9 nitrogen and oxygen atoms in total. The third kappa shape index (κ3) is 5.14. The van der Waals surface area contributed by atoms with Crippen molar-refractivity contribution in [1.82, 2.24) is 24.7 Å². The van der Waals surface area contributed by atoms with Crippen LogP contribution in [-0.2, 0) is 0 Å². The van der Waals surface area contributed by atoms with Crippen molar-refractivity contribution in [3.8, 4) is 11.5 Å². The Balaban J connectivity index is 1.38. The van der Waals surface area contributed by atoms with E-state index in [4.69, 9.17) is 4.74 Å². The Hall–Kier alpha value is -3.59. The predicted octanol–water partition coefficient (Wildman–Crippen LogP) is 4.35. The Morgan fingerprint density at radius 3 is 2.50 bits per heavy atom. The first-order valence-electron chi connectivity index (χ1n) is 11.8. The number of hydrogen-bond donors (Lipinski definition) is 2. The number of aromatic nitrogens is 2. The van der Waals surface area contributed by atoms with Gasteiger partial charge in [-0.1, -0.05) is 13.8 Å². The van der Waals surface area contributed by atoms with Crippen LogP contribution in [0.15, 0.2) is 48.8 Å². The molecule has 1 aliphatic heterocycles. The summed E-state index contributed by atoms with van der Waals surface area (Å²) >= 11 is 0. The number of piperidine rings is 1. The van der Waals surface area contributed by atoms with Crippen LogP contribution in [-0.4, -0.2) is 70.7 Å². The van der Waals surface area contributed by atoms with Crippen LogP contribution in [0.3, 0.4) is 0 Å². The van der Waals surface area contributed by atoms with Gasteiger partial charge in [0.2, 0.25) is 0 Å². The number of ether oxygens (including phenoxy) is 1. The molecule has 0 spiro atoms. The molecule has 9 heteroatoms. The molecule has 4 rings (SSSR count). The molecule has 0 saturated carbocycles. The van der Waals surface area contributed by atoms with Gasteiger partial charge in [0.15, 0.2) is 0 Å². The highest BCUT2D eigenvalue weighted by molar-refractivity contribution is 5.92. The number of benzene rings is 1. The fourth-order valence-electron chi connectivity index (χ4n) is 4.52. The number of carbonyl (C=O) groups excluding carboxylic acids is 2.